The first-order chi connectivity index (χ1) is 11.3. The molecule has 1 aromatic heterocycles. The molecule has 1 saturated heterocycles. The van der Waals surface area contributed by atoms with Crippen molar-refractivity contribution < 1.29 is 19.4 Å². The van der Waals surface area contributed by atoms with Gasteiger partial charge >= 0.3 is 6.09 Å². The molecule has 134 valence electrons. The minimum absolute atomic E-state index is 0.0614. The van der Waals surface area contributed by atoms with E-state index < -0.39 is 5.60 Å². The van der Waals surface area contributed by atoms with Crippen molar-refractivity contribution in [1.29, 1.82) is 0 Å². The quantitative estimate of drug-likeness (QED) is 0.832. The Balaban J connectivity index is 1.71. The highest BCUT2D eigenvalue weighted by molar-refractivity contribution is 5.68. The van der Waals surface area contributed by atoms with Gasteiger partial charge in [-0.3, -0.25) is 0 Å². The number of ether oxygens (including phenoxy) is 2. The fourth-order valence-electron chi connectivity index (χ4n) is 2.83. The van der Waals surface area contributed by atoms with Crippen LogP contribution in [0.15, 0.2) is 18.3 Å². The molecular weight excluding hydrogens is 308 g/mol. The summed E-state index contributed by atoms with van der Waals surface area (Å²) in [5, 5.41) is 9.60. The molecule has 24 heavy (non-hydrogen) atoms. The Labute approximate surface area is 143 Å². The molecule has 6 heteroatoms. The lowest BCUT2D eigenvalue weighted by Crippen LogP contribution is -2.42. The molecule has 0 spiro atoms. The summed E-state index contributed by atoms with van der Waals surface area (Å²) in [6.45, 7) is 7.67. The summed E-state index contributed by atoms with van der Waals surface area (Å²) in [5.41, 5.74) is -0.456. The van der Waals surface area contributed by atoms with Crippen molar-refractivity contribution in [3.63, 3.8) is 0 Å². The van der Waals surface area contributed by atoms with Crippen molar-refractivity contribution in [2.24, 2.45) is 5.92 Å². The van der Waals surface area contributed by atoms with Crippen molar-refractivity contribution in [2.75, 3.05) is 19.7 Å². The Kier molecular flexibility index (Phi) is 6.29. The molecule has 6 nitrogen and oxygen atoms in total. The van der Waals surface area contributed by atoms with Gasteiger partial charge in [0.25, 0.3) is 5.88 Å². The van der Waals surface area contributed by atoms with Crippen LogP contribution in [0.2, 0.25) is 0 Å². The summed E-state index contributed by atoms with van der Waals surface area (Å²) in [4.78, 5) is 18.0. The number of aromatic hydroxyl groups is 1. The average Bonchev–Trinajstić information content (AvgIpc) is 2.52. The summed E-state index contributed by atoms with van der Waals surface area (Å²) in [6.07, 6.45) is 5.34. The van der Waals surface area contributed by atoms with Gasteiger partial charge in [-0.1, -0.05) is 0 Å². The van der Waals surface area contributed by atoms with Gasteiger partial charge in [0.2, 0.25) is 0 Å². The summed E-state index contributed by atoms with van der Waals surface area (Å²) in [5.74, 6) is 0.801. The van der Waals surface area contributed by atoms with Crippen molar-refractivity contribution in [2.45, 2.75) is 52.1 Å². The molecular formula is C18H28N2O4. The van der Waals surface area contributed by atoms with Gasteiger partial charge in [-0.25, -0.2) is 9.78 Å². The van der Waals surface area contributed by atoms with E-state index in [-0.39, 0.29) is 17.7 Å². The van der Waals surface area contributed by atoms with E-state index in [1.54, 1.807) is 18.3 Å². The van der Waals surface area contributed by atoms with Crippen LogP contribution in [0.1, 0.15) is 46.5 Å². The second kappa shape index (κ2) is 8.22. The highest BCUT2D eigenvalue weighted by Gasteiger charge is 2.27. The number of piperidine rings is 1. The first-order valence-corrected chi connectivity index (χ1v) is 8.60. The maximum absolute atomic E-state index is 12.2. The molecule has 1 fully saturated rings. The summed E-state index contributed by atoms with van der Waals surface area (Å²) >= 11 is 0. The van der Waals surface area contributed by atoms with E-state index in [0.29, 0.717) is 12.5 Å². The van der Waals surface area contributed by atoms with Gasteiger partial charge in [0.05, 0.1) is 6.61 Å². The Bertz CT molecular complexity index is 542. The van der Waals surface area contributed by atoms with Crippen LogP contribution in [0.25, 0.3) is 0 Å². The smallest absolute Gasteiger partial charge is 0.410 e. The summed E-state index contributed by atoms with van der Waals surface area (Å²) < 4.78 is 11.0. The molecule has 1 atom stereocenters. The van der Waals surface area contributed by atoms with Gasteiger partial charge in [-0.15, -0.1) is 0 Å². The highest BCUT2D eigenvalue weighted by Crippen LogP contribution is 2.24. The van der Waals surface area contributed by atoms with Gasteiger partial charge in [0.1, 0.15) is 5.60 Å². The van der Waals surface area contributed by atoms with Crippen LogP contribution < -0.4 is 4.74 Å². The molecule has 0 radical (unpaired) electrons. The molecule has 0 unspecified atom stereocenters. The summed E-state index contributed by atoms with van der Waals surface area (Å²) in [6, 6.07) is 3.22. The van der Waals surface area contributed by atoms with Crippen LogP contribution in [0, 0.1) is 5.92 Å². The largest absolute Gasteiger partial charge is 0.503 e. The monoisotopic (exact) mass is 336 g/mol. The minimum atomic E-state index is -0.456. The van der Waals surface area contributed by atoms with Gasteiger partial charge in [-0.2, -0.15) is 0 Å². The second-order valence-electron chi connectivity index (χ2n) is 7.25. The lowest BCUT2D eigenvalue weighted by Gasteiger charge is -2.34. The van der Waals surface area contributed by atoms with Crippen LogP contribution in [0.5, 0.6) is 11.6 Å². The fraction of sp³-hybridized carbons (Fsp3) is 0.667. The number of amides is 1. The molecule has 1 aliphatic heterocycles. The number of likely N-dealkylation sites (tertiary alicyclic amines) is 1. The normalized spacial score (nSPS) is 18.3. The Hall–Kier alpha value is -1.98. The molecule has 1 amide bonds. The van der Waals surface area contributed by atoms with Crippen molar-refractivity contribution in [3.8, 4) is 11.6 Å². The molecule has 0 aromatic carbocycles. The number of rotatable bonds is 5. The number of pyridine rings is 1. The van der Waals surface area contributed by atoms with Crippen LogP contribution in [0.3, 0.4) is 0 Å². The Morgan fingerprint density at radius 2 is 2.25 bits per heavy atom. The highest BCUT2D eigenvalue weighted by atomic mass is 16.6. The van der Waals surface area contributed by atoms with E-state index in [4.69, 9.17) is 9.47 Å². The van der Waals surface area contributed by atoms with Crippen LogP contribution in [0.4, 0.5) is 4.79 Å². The first-order valence-electron chi connectivity index (χ1n) is 8.60. The van der Waals surface area contributed by atoms with Gasteiger partial charge in [0.15, 0.2) is 5.75 Å². The van der Waals surface area contributed by atoms with Gasteiger partial charge in [-0.05, 0) is 64.5 Å². The van der Waals surface area contributed by atoms with E-state index in [9.17, 15) is 9.90 Å². The lowest BCUT2D eigenvalue weighted by atomic mass is 9.94. The third-order valence-electron chi connectivity index (χ3n) is 3.92. The Morgan fingerprint density at radius 1 is 1.46 bits per heavy atom. The standard InChI is InChI=1S/C18H28N2O4/c1-18(2,3)24-17(22)20-11-5-7-14(13-20)8-6-12-23-16-15(21)9-4-10-19-16/h4,9-10,14,21H,5-8,11-13H2,1-3H3/t14-/m0/s1. The maximum atomic E-state index is 12.2. The van der Waals surface area contributed by atoms with Crippen LogP contribution in [-0.2, 0) is 4.74 Å². The molecule has 0 saturated carbocycles. The lowest BCUT2D eigenvalue weighted by molar-refractivity contribution is 0.0159. The van der Waals surface area contributed by atoms with Crippen molar-refractivity contribution in [3.05, 3.63) is 18.3 Å². The SMILES string of the molecule is CC(C)(C)OC(=O)N1CCC[C@@H](CCCOc2ncccc2O)C1. The zero-order chi connectivity index (χ0) is 17.6. The second-order valence-corrected chi connectivity index (χ2v) is 7.25. The fourth-order valence-corrected chi connectivity index (χ4v) is 2.83. The number of hydrogen-bond acceptors (Lipinski definition) is 5. The van der Waals surface area contributed by atoms with Gasteiger partial charge in [0, 0.05) is 19.3 Å². The molecule has 2 rings (SSSR count). The Morgan fingerprint density at radius 3 is 2.96 bits per heavy atom. The first kappa shape index (κ1) is 18.4. The van der Waals surface area contributed by atoms with E-state index in [1.807, 2.05) is 25.7 Å². The van der Waals surface area contributed by atoms with E-state index in [1.165, 1.54) is 0 Å². The average molecular weight is 336 g/mol. The number of aromatic nitrogens is 1. The number of carbonyl (C=O) groups excluding carboxylic acids is 1. The topological polar surface area (TPSA) is 71.9 Å². The van der Waals surface area contributed by atoms with E-state index >= 15 is 0 Å². The maximum Gasteiger partial charge on any atom is 0.410 e. The third-order valence-corrected chi connectivity index (χ3v) is 3.92. The molecule has 1 N–H and O–H groups in total. The van der Waals surface area contributed by atoms with Crippen molar-refractivity contribution in [1.82, 2.24) is 9.88 Å². The molecule has 1 aliphatic rings. The third kappa shape index (κ3) is 5.91. The molecule has 1 aromatic rings. The minimum Gasteiger partial charge on any atom is -0.503 e. The predicted molar refractivity (Wildman–Crippen MR) is 91.2 cm³/mol. The zero-order valence-corrected chi connectivity index (χ0v) is 14.8. The number of hydrogen-bond donors (Lipinski definition) is 1. The van der Waals surface area contributed by atoms with Crippen LogP contribution in [-0.4, -0.2) is 46.4 Å². The number of carbonyl (C=O) groups is 1. The van der Waals surface area contributed by atoms with E-state index in [0.717, 1.165) is 38.8 Å². The van der Waals surface area contributed by atoms with Crippen LogP contribution >= 0.6 is 0 Å². The molecule has 0 aliphatic carbocycles. The van der Waals surface area contributed by atoms with Gasteiger partial charge < -0.3 is 19.5 Å². The predicted octanol–water partition coefficient (Wildman–Crippen LogP) is 3.59. The molecule has 0 bridgehead atoms. The summed E-state index contributed by atoms with van der Waals surface area (Å²) in [7, 11) is 0. The number of nitrogens with zero attached hydrogens (tertiary/aromatic N) is 2. The van der Waals surface area contributed by atoms with Crippen molar-refractivity contribution >= 4 is 6.09 Å². The molecule has 2 heterocycles. The zero-order valence-electron chi connectivity index (χ0n) is 14.8. The van der Waals surface area contributed by atoms with E-state index in [2.05, 4.69) is 4.98 Å².